The summed E-state index contributed by atoms with van der Waals surface area (Å²) in [5, 5.41) is 25.7. The van der Waals surface area contributed by atoms with E-state index in [1.807, 2.05) is 0 Å². The van der Waals surface area contributed by atoms with Crippen LogP contribution in [0.25, 0.3) is 0 Å². The van der Waals surface area contributed by atoms with Crippen molar-refractivity contribution in [3.8, 4) is 5.75 Å². The van der Waals surface area contributed by atoms with E-state index in [0.717, 1.165) is 0 Å². The van der Waals surface area contributed by atoms with Crippen molar-refractivity contribution in [3.63, 3.8) is 0 Å². The minimum absolute atomic E-state index is 0.0306. The van der Waals surface area contributed by atoms with Gasteiger partial charge in [-0.05, 0) is 41.0 Å². The summed E-state index contributed by atoms with van der Waals surface area (Å²) in [6.07, 6.45) is 1.00. The minimum atomic E-state index is -1.48. The lowest BCUT2D eigenvalue weighted by atomic mass is 9.93. The Morgan fingerprint density at radius 3 is 2.81 bits per heavy atom. The van der Waals surface area contributed by atoms with Crippen LogP contribution in [0, 0.1) is 0 Å². The van der Waals surface area contributed by atoms with Crippen LogP contribution in [-0.2, 0) is 21.4 Å². The number of tetrazole rings is 1. The van der Waals surface area contributed by atoms with Crippen LogP contribution in [0.1, 0.15) is 23.2 Å². The third-order valence-electron chi connectivity index (χ3n) is 5.33. The van der Waals surface area contributed by atoms with Gasteiger partial charge in [0.25, 0.3) is 11.8 Å². The molecule has 2 aliphatic rings. The first-order chi connectivity index (χ1) is 15.4. The van der Waals surface area contributed by atoms with Crippen molar-refractivity contribution in [2.45, 2.75) is 30.0 Å². The molecule has 4 rings (SSSR count). The Balaban J connectivity index is 1.53. The van der Waals surface area contributed by atoms with E-state index in [2.05, 4.69) is 20.8 Å². The van der Waals surface area contributed by atoms with Crippen LogP contribution in [0.4, 0.5) is 0 Å². The average molecular weight is 462 g/mol. The molecule has 0 unspecified atom stereocenters. The zero-order valence-corrected chi connectivity index (χ0v) is 18.5. The number of methoxy groups -OCH3 is 2. The lowest BCUT2D eigenvalue weighted by molar-refractivity contribution is -0.467. The molecule has 0 bridgehead atoms. The van der Waals surface area contributed by atoms with Crippen LogP contribution in [0.2, 0.25) is 0 Å². The molecule has 13 heteroatoms. The molecule has 2 aromatic rings. The van der Waals surface area contributed by atoms with Gasteiger partial charge in [0.15, 0.2) is 0 Å². The Bertz CT molecular complexity index is 1070. The summed E-state index contributed by atoms with van der Waals surface area (Å²) in [5.74, 6) is -2.27. The van der Waals surface area contributed by atoms with Crippen molar-refractivity contribution in [3.05, 3.63) is 41.1 Å². The number of rotatable bonds is 8. The van der Waals surface area contributed by atoms with Gasteiger partial charge in [-0.15, -0.1) is 5.10 Å². The zero-order valence-electron chi connectivity index (χ0n) is 17.6. The van der Waals surface area contributed by atoms with Crippen molar-refractivity contribution in [2.75, 3.05) is 20.0 Å². The smallest absolute Gasteiger partial charge is 0.354 e. The number of amides is 1. The molecule has 170 valence electrons. The molecule has 0 aliphatic carbocycles. The van der Waals surface area contributed by atoms with Gasteiger partial charge in [0.05, 0.1) is 12.7 Å². The SMILES string of the molecule is COc1ccccc1C(=O)N[C@]1(OC)ON2C(C(=O)O)=C(CSc3nnnn3C)CC[C@@H]21. The fourth-order valence-corrected chi connectivity index (χ4v) is 4.64. The van der Waals surface area contributed by atoms with Crippen LogP contribution >= 0.6 is 11.8 Å². The van der Waals surface area contributed by atoms with Gasteiger partial charge in [0.1, 0.15) is 17.5 Å². The lowest BCUT2D eigenvalue weighted by Crippen LogP contribution is -2.76. The van der Waals surface area contributed by atoms with Gasteiger partial charge < -0.3 is 14.6 Å². The normalized spacial score (nSPS) is 22.2. The van der Waals surface area contributed by atoms with Crippen LogP contribution < -0.4 is 10.1 Å². The molecule has 1 fully saturated rings. The Morgan fingerprint density at radius 2 is 2.16 bits per heavy atom. The van der Waals surface area contributed by atoms with Crippen LogP contribution in [-0.4, -0.2) is 74.2 Å². The Labute approximate surface area is 187 Å². The molecular formula is C19H22N6O6S. The highest BCUT2D eigenvalue weighted by molar-refractivity contribution is 7.99. The van der Waals surface area contributed by atoms with Gasteiger partial charge >= 0.3 is 5.97 Å². The number of nitrogens with zero attached hydrogens (tertiary/aromatic N) is 5. The van der Waals surface area contributed by atoms with E-state index >= 15 is 0 Å². The molecule has 0 saturated carbocycles. The van der Waals surface area contributed by atoms with Gasteiger partial charge in [-0.2, -0.15) is 0 Å². The Hall–Kier alpha value is -3.16. The predicted molar refractivity (Wildman–Crippen MR) is 110 cm³/mol. The Kier molecular flexibility index (Phi) is 6.04. The second-order valence-corrected chi connectivity index (χ2v) is 8.07. The van der Waals surface area contributed by atoms with Crippen molar-refractivity contribution < 1.29 is 29.0 Å². The molecule has 0 spiro atoms. The quantitative estimate of drug-likeness (QED) is 0.425. The number of benzene rings is 1. The van der Waals surface area contributed by atoms with E-state index in [-0.39, 0.29) is 5.70 Å². The molecule has 1 aromatic heterocycles. The number of ether oxygens (including phenoxy) is 2. The molecule has 2 aliphatic heterocycles. The first kappa shape index (κ1) is 22.0. The number of aromatic nitrogens is 4. The highest BCUT2D eigenvalue weighted by Gasteiger charge is 2.60. The molecule has 2 N–H and O–H groups in total. The van der Waals surface area contributed by atoms with E-state index < -0.39 is 23.8 Å². The molecule has 3 heterocycles. The molecule has 32 heavy (non-hydrogen) atoms. The van der Waals surface area contributed by atoms with Crippen LogP contribution in [0.5, 0.6) is 5.75 Å². The van der Waals surface area contributed by atoms with E-state index in [1.54, 1.807) is 31.3 Å². The molecule has 12 nitrogen and oxygen atoms in total. The highest BCUT2D eigenvalue weighted by Crippen LogP contribution is 2.44. The van der Waals surface area contributed by atoms with E-state index in [4.69, 9.17) is 14.3 Å². The summed E-state index contributed by atoms with van der Waals surface area (Å²) in [7, 11) is 4.58. The standard InChI is InChI=1S/C19H22N6O6S/c1-24-18(21-22-23-24)32-10-11-8-9-14-19(30-3,31-25(14)15(11)17(27)28)20-16(26)12-6-4-5-7-13(12)29-2/h4-7,14H,8-10H2,1-3H3,(H,20,26)(H,27,28)/t14-,19-/m1/s1. The van der Waals surface area contributed by atoms with Crippen LogP contribution in [0.3, 0.4) is 0 Å². The number of hydroxylamine groups is 2. The van der Waals surface area contributed by atoms with Gasteiger partial charge in [-0.25, -0.2) is 19.4 Å². The topological polar surface area (TPSA) is 141 Å². The summed E-state index contributed by atoms with van der Waals surface area (Å²) in [5.41, 5.74) is 1.03. The van der Waals surface area contributed by atoms with Gasteiger partial charge in [-0.1, -0.05) is 23.9 Å². The van der Waals surface area contributed by atoms with Crippen molar-refractivity contribution in [2.24, 2.45) is 7.05 Å². The first-order valence-electron chi connectivity index (χ1n) is 9.69. The summed E-state index contributed by atoms with van der Waals surface area (Å²) in [6.45, 7) is 0. The number of carboxylic acid groups (broad SMARTS) is 1. The number of hydrogen-bond acceptors (Lipinski definition) is 10. The van der Waals surface area contributed by atoms with Crippen LogP contribution in [0.15, 0.2) is 40.7 Å². The van der Waals surface area contributed by atoms with Crippen molar-refractivity contribution in [1.82, 2.24) is 30.6 Å². The maximum Gasteiger partial charge on any atom is 0.354 e. The zero-order chi connectivity index (χ0) is 22.9. The largest absolute Gasteiger partial charge is 0.496 e. The summed E-state index contributed by atoms with van der Waals surface area (Å²) in [4.78, 5) is 30.7. The molecule has 1 aromatic carbocycles. The number of aliphatic carboxylic acids is 1. The molecule has 0 radical (unpaired) electrons. The number of carboxylic acids is 1. The minimum Gasteiger partial charge on any atom is -0.496 e. The van der Waals surface area contributed by atoms with E-state index in [1.165, 1.54) is 35.7 Å². The number of hydrogen-bond donors (Lipinski definition) is 2. The molecule has 1 saturated heterocycles. The third kappa shape index (κ3) is 3.78. The van der Waals surface area contributed by atoms with Crippen molar-refractivity contribution in [1.29, 1.82) is 0 Å². The van der Waals surface area contributed by atoms with Gasteiger partial charge in [0, 0.05) is 19.9 Å². The maximum absolute atomic E-state index is 12.9. The monoisotopic (exact) mass is 462 g/mol. The van der Waals surface area contributed by atoms with Gasteiger partial charge in [-0.3, -0.25) is 10.1 Å². The fourth-order valence-electron chi connectivity index (χ4n) is 3.74. The van der Waals surface area contributed by atoms with Crippen molar-refractivity contribution >= 4 is 23.6 Å². The number of carbonyl (C=O) groups excluding carboxylic acids is 1. The fraction of sp³-hybridized carbons (Fsp3) is 0.421. The summed E-state index contributed by atoms with van der Waals surface area (Å²) >= 11 is 1.33. The second kappa shape index (κ2) is 8.76. The number of para-hydroxylation sites is 1. The summed E-state index contributed by atoms with van der Waals surface area (Å²) < 4.78 is 12.3. The number of fused-ring (bicyclic) bond motifs is 1. The number of nitrogens with one attached hydrogen (secondary N) is 1. The molecule has 2 atom stereocenters. The summed E-state index contributed by atoms with van der Waals surface area (Å²) in [6, 6.07) is 6.25. The second-order valence-electron chi connectivity index (χ2n) is 7.13. The van der Waals surface area contributed by atoms with E-state index in [9.17, 15) is 14.7 Å². The molecular weight excluding hydrogens is 440 g/mol. The first-order valence-corrected chi connectivity index (χ1v) is 10.7. The number of aryl methyl sites for hydroxylation is 1. The highest BCUT2D eigenvalue weighted by atomic mass is 32.2. The molecule has 1 amide bonds. The number of thioether (sulfide) groups is 1. The predicted octanol–water partition coefficient (Wildman–Crippen LogP) is 0.789. The average Bonchev–Trinajstić information content (AvgIpc) is 3.19. The van der Waals surface area contributed by atoms with E-state index in [0.29, 0.717) is 40.6 Å². The van der Waals surface area contributed by atoms with Gasteiger partial charge in [0.2, 0.25) is 5.16 Å². The lowest BCUT2D eigenvalue weighted by Gasteiger charge is -2.56. The Morgan fingerprint density at radius 1 is 1.38 bits per heavy atom. The number of carbonyl (C=O) groups is 2. The maximum atomic E-state index is 12.9. The third-order valence-corrected chi connectivity index (χ3v) is 6.43.